The van der Waals surface area contributed by atoms with Crippen molar-refractivity contribution >= 4 is 16.8 Å². The van der Waals surface area contributed by atoms with Crippen LogP contribution in [0.3, 0.4) is 0 Å². The first-order valence-corrected chi connectivity index (χ1v) is 7.67. The third kappa shape index (κ3) is 3.64. The number of rotatable bonds is 4. The lowest BCUT2D eigenvalue weighted by Crippen LogP contribution is -2.36. The van der Waals surface area contributed by atoms with Gasteiger partial charge in [0, 0.05) is 30.9 Å². The van der Waals surface area contributed by atoms with E-state index in [4.69, 9.17) is 4.74 Å². The van der Waals surface area contributed by atoms with Crippen LogP contribution in [0.1, 0.15) is 5.69 Å². The van der Waals surface area contributed by atoms with Crippen LogP contribution in [-0.4, -0.2) is 60.9 Å². The van der Waals surface area contributed by atoms with Gasteiger partial charge >= 0.3 is 0 Å². The summed E-state index contributed by atoms with van der Waals surface area (Å²) in [6, 6.07) is 7.81. The van der Waals surface area contributed by atoms with E-state index < -0.39 is 0 Å². The maximum Gasteiger partial charge on any atom is 0.226 e. The molecule has 1 aliphatic rings. The first kappa shape index (κ1) is 15.0. The fourth-order valence-corrected chi connectivity index (χ4v) is 2.81. The molecular formula is C16H22N4O2. The lowest BCUT2D eigenvalue weighted by atomic mass is 10.1. The van der Waals surface area contributed by atoms with E-state index in [0.717, 1.165) is 36.3 Å². The molecule has 118 valence electrons. The summed E-state index contributed by atoms with van der Waals surface area (Å²) >= 11 is 0. The van der Waals surface area contributed by atoms with Gasteiger partial charge < -0.3 is 15.0 Å². The molecule has 0 bridgehead atoms. The highest BCUT2D eigenvalue weighted by molar-refractivity contribution is 5.87. The van der Waals surface area contributed by atoms with E-state index in [9.17, 15) is 4.79 Å². The number of aromatic amines is 1. The molecule has 6 nitrogen and oxygen atoms in total. The van der Waals surface area contributed by atoms with Crippen molar-refractivity contribution in [2.45, 2.75) is 6.42 Å². The second-order valence-electron chi connectivity index (χ2n) is 5.90. The molecule has 3 rings (SSSR count). The molecule has 0 radical (unpaired) electrons. The summed E-state index contributed by atoms with van der Waals surface area (Å²) in [4.78, 5) is 14.4. The normalized spacial score (nSPS) is 20.0. The number of carbonyl (C=O) groups is 1. The van der Waals surface area contributed by atoms with Crippen LogP contribution in [0.25, 0.3) is 10.9 Å². The number of hydrogen-bond acceptors (Lipinski definition) is 4. The number of nitrogens with one attached hydrogen (secondary N) is 2. The van der Waals surface area contributed by atoms with Gasteiger partial charge in [-0.25, -0.2) is 0 Å². The molecule has 2 N–H and O–H groups in total. The highest BCUT2D eigenvalue weighted by atomic mass is 16.5. The first-order chi connectivity index (χ1) is 10.7. The van der Waals surface area contributed by atoms with Crippen LogP contribution >= 0.6 is 0 Å². The summed E-state index contributed by atoms with van der Waals surface area (Å²) in [5.41, 5.74) is 1.76. The number of nitrogens with zero attached hydrogens (tertiary/aromatic N) is 2. The third-order valence-corrected chi connectivity index (χ3v) is 4.01. The van der Waals surface area contributed by atoms with E-state index in [1.54, 1.807) is 0 Å². The standard InChI is InChI=1S/C16H22N4O2/c1-20-6-7-22-11-12(10-20)9-17-16(21)8-15-13-4-2-3-5-14(13)18-19-15/h2-5,12H,6-11H2,1H3,(H,17,21)(H,18,19)/t12-/m0/s1. The van der Waals surface area contributed by atoms with Gasteiger partial charge in [0.25, 0.3) is 0 Å². The molecule has 0 saturated carbocycles. The van der Waals surface area contributed by atoms with Crippen LogP contribution in [0.15, 0.2) is 24.3 Å². The summed E-state index contributed by atoms with van der Waals surface area (Å²) in [5, 5.41) is 11.2. The van der Waals surface area contributed by atoms with Gasteiger partial charge in [0.2, 0.25) is 5.91 Å². The fraction of sp³-hybridized carbons (Fsp3) is 0.500. The fourth-order valence-electron chi connectivity index (χ4n) is 2.81. The molecule has 0 aliphatic carbocycles. The largest absolute Gasteiger partial charge is 0.380 e. The number of hydrogen-bond donors (Lipinski definition) is 2. The second kappa shape index (κ2) is 6.89. The zero-order valence-corrected chi connectivity index (χ0v) is 12.8. The van der Waals surface area contributed by atoms with Crippen LogP contribution in [-0.2, 0) is 16.0 Å². The molecule has 1 aliphatic heterocycles. The van der Waals surface area contributed by atoms with Crippen molar-refractivity contribution in [1.29, 1.82) is 0 Å². The molecule has 6 heteroatoms. The van der Waals surface area contributed by atoms with E-state index >= 15 is 0 Å². The minimum absolute atomic E-state index is 0.0151. The van der Waals surface area contributed by atoms with Crippen molar-refractivity contribution < 1.29 is 9.53 Å². The smallest absolute Gasteiger partial charge is 0.226 e. The van der Waals surface area contributed by atoms with Gasteiger partial charge in [0.05, 0.1) is 30.8 Å². The van der Waals surface area contributed by atoms with E-state index in [1.807, 2.05) is 24.3 Å². The number of likely N-dealkylation sites (N-methyl/N-ethyl adjacent to an activating group) is 1. The Bertz CT molecular complexity index is 640. The van der Waals surface area contributed by atoms with Crippen LogP contribution in [0.2, 0.25) is 0 Å². The number of ether oxygens (including phenoxy) is 1. The van der Waals surface area contributed by atoms with Gasteiger partial charge in [-0.15, -0.1) is 0 Å². The van der Waals surface area contributed by atoms with Gasteiger partial charge in [0.1, 0.15) is 0 Å². The summed E-state index contributed by atoms with van der Waals surface area (Å²) in [7, 11) is 2.08. The Hall–Kier alpha value is -1.92. The van der Waals surface area contributed by atoms with Crippen LogP contribution in [0, 0.1) is 5.92 Å². The van der Waals surface area contributed by atoms with Crippen molar-refractivity contribution in [3.05, 3.63) is 30.0 Å². The second-order valence-corrected chi connectivity index (χ2v) is 5.90. The number of fused-ring (bicyclic) bond motifs is 1. The molecule has 1 saturated heterocycles. The summed E-state index contributed by atoms with van der Waals surface area (Å²) in [6.07, 6.45) is 0.323. The molecule has 1 aromatic carbocycles. The zero-order chi connectivity index (χ0) is 15.4. The Morgan fingerprint density at radius 2 is 2.36 bits per heavy atom. The number of benzene rings is 1. The topological polar surface area (TPSA) is 70.2 Å². The van der Waals surface area contributed by atoms with Crippen molar-refractivity contribution in [2.75, 3.05) is 39.9 Å². The maximum absolute atomic E-state index is 12.2. The molecule has 22 heavy (non-hydrogen) atoms. The molecule has 1 fully saturated rings. The molecular weight excluding hydrogens is 280 g/mol. The van der Waals surface area contributed by atoms with Crippen LogP contribution in [0.5, 0.6) is 0 Å². The van der Waals surface area contributed by atoms with Crippen molar-refractivity contribution in [1.82, 2.24) is 20.4 Å². The Morgan fingerprint density at radius 3 is 3.27 bits per heavy atom. The Kier molecular flexibility index (Phi) is 4.70. The number of carbonyl (C=O) groups excluding carboxylic acids is 1. The number of aromatic nitrogens is 2. The van der Waals surface area contributed by atoms with Gasteiger partial charge in [-0.3, -0.25) is 9.89 Å². The predicted octanol–water partition coefficient (Wildman–Crippen LogP) is 0.800. The lowest BCUT2D eigenvalue weighted by molar-refractivity contribution is -0.120. The van der Waals surface area contributed by atoms with Crippen molar-refractivity contribution in [3.63, 3.8) is 0 Å². The molecule has 1 amide bonds. The predicted molar refractivity (Wildman–Crippen MR) is 84.6 cm³/mol. The van der Waals surface area contributed by atoms with Gasteiger partial charge in [-0.1, -0.05) is 18.2 Å². The zero-order valence-electron chi connectivity index (χ0n) is 12.8. The van der Waals surface area contributed by atoms with Gasteiger partial charge in [0.15, 0.2) is 0 Å². The molecule has 1 aromatic heterocycles. The molecule has 2 heterocycles. The van der Waals surface area contributed by atoms with Crippen LogP contribution < -0.4 is 5.32 Å². The number of H-pyrrole nitrogens is 1. The SMILES string of the molecule is CN1CCOC[C@@H](CNC(=O)Cc2[nH]nc3ccccc23)C1. The molecule has 0 spiro atoms. The van der Waals surface area contributed by atoms with Crippen LogP contribution in [0.4, 0.5) is 0 Å². The molecule has 1 atom stereocenters. The summed E-state index contributed by atoms with van der Waals surface area (Å²) in [6.45, 7) is 4.02. The maximum atomic E-state index is 12.2. The first-order valence-electron chi connectivity index (χ1n) is 7.67. The molecule has 2 aromatic rings. The van der Waals surface area contributed by atoms with Gasteiger partial charge in [-0.05, 0) is 13.1 Å². The molecule has 0 unspecified atom stereocenters. The van der Waals surface area contributed by atoms with E-state index in [-0.39, 0.29) is 5.91 Å². The van der Waals surface area contributed by atoms with E-state index in [0.29, 0.717) is 25.5 Å². The monoisotopic (exact) mass is 302 g/mol. The van der Waals surface area contributed by atoms with Crippen molar-refractivity contribution in [2.24, 2.45) is 5.92 Å². The van der Waals surface area contributed by atoms with E-state index in [1.165, 1.54) is 0 Å². The Labute approximate surface area is 129 Å². The summed E-state index contributed by atoms with van der Waals surface area (Å²) < 4.78 is 5.56. The van der Waals surface area contributed by atoms with Crippen molar-refractivity contribution in [3.8, 4) is 0 Å². The Balaban J connectivity index is 1.54. The highest BCUT2D eigenvalue weighted by Crippen LogP contribution is 2.15. The quantitative estimate of drug-likeness (QED) is 0.876. The average molecular weight is 302 g/mol. The average Bonchev–Trinajstić information content (AvgIpc) is 2.79. The Morgan fingerprint density at radius 1 is 1.50 bits per heavy atom. The summed E-state index contributed by atoms with van der Waals surface area (Å²) in [5.74, 6) is 0.358. The highest BCUT2D eigenvalue weighted by Gasteiger charge is 2.17. The minimum atomic E-state index is 0.0151. The van der Waals surface area contributed by atoms with Gasteiger partial charge in [-0.2, -0.15) is 5.10 Å². The van der Waals surface area contributed by atoms with E-state index in [2.05, 4.69) is 27.5 Å². The third-order valence-electron chi connectivity index (χ3n) is 4.01. The number of para-hydroxylation sites is 1. The minimum Gasteiger partial charge on any atom is -0.380 e. The lowest BCUT2D eigenvalue weighted by Gasteiger charge is -2.19. The number of amides is 1.